The number of nitrogens with zero attached hydrogens (tertiary/aromatic N) is 1. The molecule has 0 aliphatic rings. The van der Waals surface area contributed by atoms with E-state index < -0.39 is 17.9 Å². The fraction of sp³-hybridized carbons (Fsp3) is 0.353. The lowest BCUT2D eigenvalue weighted by molar-refractivity contribution is -0.139. The molecule has 0 aromatic heterocycles. The van der Waals surface area contributed by atoms with Gasteiger partial charge < -0.3 is 15.3 Å². The van der Waals surface area contributed by atoms with Crippen molar-refractivity contribution in [2.75, 3.05) is 13.6 Å². The highest BCUT2D eigenvalue weighted by atomic mass is 16.4. The fourth-order valence-corrected chi connectivity index (χ4v) is 1.94. The summed E-state index contributed by atoms with van der Waals surface area (Å²) in [6, 6.07) is 5.25. The minimum atomic E-state index is -1.10. The third kappa shape index (κ3) is 5.25. The number of hydrogen-bond acceptors (Lipinski definition) is 3. The molecule has 0 saturated carbocycles. The summed E-state index contributed by atoms with van der Waals surface area (Å²) in [6.07, 6.45) is 2.35. The van der Waals surface area contributed by atoms with E-state index in [1.807, 2.05) is 6.92 Å². The zero-order valence-corrected chi connectivity index (χ0v) is 13.4. The highest BCUT2D eigenvalue weighted by molar-refractivity contribution is 6.00. The van der Waals surface area contributed by atoms with Gasteiger partial charge in [-0.3, -0.25) is 9.59 Å². The van der Waals surface area contributed by atoms with Crippen LogP contribution in [0.25, 0.3) is 0 Å². The monoisotopic (exact) mass is 318 g/mol. The molecule has 0 aliphatic carbocycles. The van der Waals surface area contributed by atoms with Gasteiger partial charge in [0.05, 0.1) is 0 Å². The Balaban J connectivity index is 2.89. The number of hydrogen-bond donors (Lipinski definition) is 2. The van der Waals surface area contributed by atoms with Crippen LogP contribution in [-0.4, -0.2) is 47.4 Å². The van der Waals surface area contributed by atoms with Crippen LogP contribution in [0, 0.1) is 0 Å². The highest BCUT2D eigenvalue weighted by Crippen LogP contribution is 2.09. The van der Waals surface area contributed by atoms with Gasteiger partial charge in [-0.1, -0.05) is 12.1 Å². The molecule has 6 nitrogen and oxygen atoms in total. The van der Waals surface area contributed by atoms with Gasteiger partial charge in [-0.15, -0.1) is 6.58 Å². The van der Waals surface area contributed by atoms with Crippen LogP contribution in [0.2, 0.25) is 0 Å². The first-order valence-electron chi connectivity index (χ1n) is 7.40. The Morgan fingerprint density at radius 1 is 1.35 bits per heavy atom. The molecule has 0 spiro atoms. The molecule has 0 heterocycles. The van der Waals surface area contributed by atoms with E-state index in [1.54, 1.807) is 31.3 Å². The van der Waals surface area contributed by atoms with Gasteiger partial charge in [-0.2, -0.15) is 0 Å². The van der Waals surface area contributed by atoms with Crippen LogP contribution in [0.5, 0.6) is 0 Å². The van der Waals surface area contributed by atoms with E-state index in [0.29, 0.717) is 18.5 Å². The van der Waals surface area contributed by atoms with E-state index in [0.717, 1.165) is 0 Å². The first kappa shape index (κ1) is 18.4. The number of carbonyl (C=O) groups excluding carboxylic acids is 2. The van der Waals surface area contributed by atoms with Crippen LogP contribution >= 0.6 is 0 Å². The molecule has 0 radical (unpaired) electrons. The molecule has 0 aliphatic heterocycles. The molecular formula is C17H22N2O4. The smallest absolute Gasteiger partial charge is 0.326 e. The van der Waals surface area contributed by atoms with Crippen LogP contribution in [0.4, 0.5) is 0 Å². The molecule has 1 aromatic carbocycles. The molecule has 124 valence electrons. The van der Waals surface area contributed by atoms with Crippen molar-refractivity contribution in [3.05, 3.63) is 48.0 Å². The topological polar surface area (TPSA) is 86.7 Å². The summed E-state index contributed by atoms with van der Waals surface area (Å²) in [5.74, 6) is -1.81. The third-order valence-corrected chi connectivity index (χ3v) is 3.46. The van der Waals surface area contributed by atoms with Crippen molar-refractivity contribution in [2.24, 2.45) is 0 Å². The molecule has 0 bridgehead atoms. The number of carboxylic acids is 1. The summed E-state index contributed by atoms with van der Waals surface area (Å²) in [5.41, 5.74) is 0.644. The highest BCUT2D eigenvalue weighted by Gasteiger charge is 2.20. The normalized spacial score (nSPS) is 11.4. The molecule has 0 fully saturated rings. The van der Waals surface area contributed by atoms with E-state index in [4.69, 9.17) is 5.11 Å². The standard InChI is InChI=1S/C17H22N2O4/c1-4-6-10-14(17(22)23)18-15(20)12-8-7-9-13(11-12)16(21)19(3)5-2/h4,7-9,11,14H,1,5-6,10H2,2-3H3,(H,18,20)(H,22,23). The van der Waals surface area contributed by atoms with Crippen molar-refractivity contribution in [3.8, 4) is 0 Å². The Morgan fingerprint density at radius 2 is 2.00 bits per heavy atom. The number of amides is 2. The Hall–Kier alpha value is -2.63. The number of benzene rings is 1. The van der Waals surface area contributed by atoms with Crippen LogP contribution < -0.4 is 5.32 Å². The predicted octanol–water partition coefficient (Wildman–Crippen LogP) is 1.93. The Bertz CT molecular complexity index is 598. The molecule has 23 heavy (non-hydrogen) atoms. The Labute approximate surface area is 135 Å². The molecule has 2 N–H and O–H groups in total. The third-order valence-electron chi connectivity index (χ3n) is 3.46. The maximum Gasteiger partial charge on any atom is 0.326 e. The zero-order chi connectivity index (χ0) is 17.4. The minimum Gasteiger partial charge on any atom is -0.480 e. The lowest BCUT2D eigenvalue weighted by Crippen LogP contribution is -2.40. The summed E-state index contributed by atoms with van der Waals surface area (Å²) in [6.45, 7) is 5.94. The lowest BCUT2D eigenvalue weighted by Gasteiger charge is -2.16. The van der Waals surface area contributed by atoms with Crippen LogP contribution in [-0.2, 0) is 4.79 Å². The summed E-state index contributed by atoms with van der Waals surface area (Å²) in [4.78, 5) is 37.0. The minimum absolute atomic E-state index is 0.191. The second-order valence-electron chi connectivity index (χ2n) is 5.13. The first-order chi connectivity index (χ1) is 10.9. The van der Waals surface area contributed by atoms with Gasteiger partial charge in [0.2, 0.25) is 0 Å². The van der Waals surface area contributed by atoms with E-state index >= 15 is 0 Å². The van der Waals surface area contributed by atoms with E-state index in [9.17, 15) is 14.4 Å². The van der Waals surface area contributed by atoms with Gasteiger partial charge in [0.15, 0.2) is 0 Å². The van der Waals surface area contributed by atoms with Crippen LogP contribution in [0.15, 0.2) is 36.9 Å². The number of rotatable bonds is 8. The second-order valence-corrected chi connectivity index (χ2v) is 5.13. The van der Waals surface area contributed by atoms with Crippen molar-refractivity contribution >= 4 is 17.8 Å². The summed E-state index contributed by atoms with van der Waals surface area (Å²) >= 11 is 0. The average molecular weight is 318 g/mol. The van der Waals surface area contributed by atoms with Gasteiger partial charge in [0.25, 0.3) is 11.8 Å². The van der Waals surface area contributed by atoms with Gasteiger partial charge in [0.1, 0.15) is 6.04 Å². The number of nitrogens with one attached hydrogen (secondary N) is 1. The van der Waals surface area contributed by atoms with Gasteiger partial charge in [-0.05, 0) is 38.0 Å². The van der Waals surface area contributed by atoms with Crippen LogP contribution in [0.1, 0.15) is 40.5 Å². The molecule has 1 atom stereocenters. The summed E-state index contributed by atoms with van der Waals surface area (Å²) in [7, 11) is 1.67. The number of carboxylic acid groups (broad SMARTS) is 1. The number of aliphatic carboxylic acids is 1. The second kappa shape index (κ2) is 8.73. The predicted molar refractivity (Wildman–Crippen MR) is 87.4 cm³/mol. The van der Waals surface area contributed by atoms with Gasteiger partial charge >= 0.3 is 5.97 Å². The molecule has 6 heteroatoms. The van der Waals surface area contributed by atoms with E-state index in [-0.39, 0.29) is 17.9 Å². The first-order valence-corrected chi connectivity index (χ1v) is 7.40. The van der Waals surface area contributed by atoms with E-state index in [1.165, 1.54) is 11.0 Å². The van der Waals surface area contributed by atoms with Crippen molar-refractivity contribution in [1.29, 1.82) is 0 Å². The largest absolute Gasteiger partial charge is 0.480 e. The quantitative estimate of drug-likeness (QED) is 0.717. The van der Waals surface area contributed by atoms with Gasteiger partial charge in [0, 0.05) is 24.7 Å². The summed E-state index contributed by atoms with van der Waals surface area (Å²) < 4.78 is 0. The van der Waals surface area contributed by atoms with Crippen molar-refractivity contribution in [2.45, 2.75) is 25.8 Å². The molecule has 0 saturated heterocycles. The summed E-state index contributed by atoms with van der Waals surface area (Å²) in [5, 5.41) is 11.6. The average Bonchev–Trinajstić information content (AvgIpc) is 2.56. The number of allylic oxidation sites excluding steroid dienone is 1. The SMILES string of the molecule is C=CCCC(NC(=O)c1cccc(C(=O)N(C)CC)c1)C(=O)O. The number of carbonyl (C=O) groups is 3. The van der Waals surface area contributed by atoms with Crippen LogP contribution in [0.3, 0.4) is 0 Å². The zero-order valence-electron chi connectivity index (χ0n) is 13.4. The van der Waals surface area contributed by atoms with Gasteiger partial charge in [-0.25, -0.2) is 4.79 Å². The molecule has 2 amide bonds. The fourth-order valence-electron chi connectivity index (χ4n) is 1.94. The molecule has 1 unspecified atom stereocenters. The molecule has 1 aromatic rings. The van der Waals surface area contributed by atoms with Crippen molar-refractivity contribution < 1.29 is 19.5 Å². The maximum absolute atomic E-state index is 12.2. The molecule has 1 rings (SSSR count). The Morgan fingerprint density at radius 3 is 2.57 bits per heavy atom. The van der Waals surface area contributed by atoms with E-state index in [2.05, 4.69) is 11.9 Å². The molecular weight excluding hydrogens is 296 g/mol. The lowest BCUT2D eigenvalue weighted by atomic mass is 10.1. The van der Waals surface area contributed by atoms with Crippen molar-refractivity contribution in [3.63, 3.8) is 0 Å². The Kier molecular flexibility index (Phi) is 6.99. The maximum atomic E-state index is 12.2. The van der Waals surface area contributed by atoms with Crippen molar-refractivity contribution in [1.82, 2.24) is 10.2 Å².